The lowest BCUT2D eigenvalue weighted by molar-refractivity contribution is -0.117. The van der Waals surface area contributed by atoms with Crippen molar-refractivity contribution in [1.29, 1.82) is 0 Å². The van der Waals surface area contributed by atoms with E-state index < -0.39 is 30.9 Å². The van der Waals surface area contributed by atoms with E-state index in [1.165, 1.54) is 0 Å². The van der Waals surface area contributed by atoms with Crippen LogP contribution in [0.25, 0.3) is 0 Å². The van der Waals surface area contributed by atoms with Gasteiger partial charge < -0.3 is 20.1 Å². The summed E-state index contributed by atoms with van der Waals surface area (Å²) in [6, 6.07) is 0. The molecule has 1 aliphatic heterocycles. The van der Waals surface area contributed by atoms with Crippen molar-refractivity contribution >= 4 is 5.97 Å². The molecule has 1 heterocycles. The Morgan fingerprint density at radius 2 is 2.10 bits per heavy atom. The van der Waals surface area contributed by atoms with Gasteiger partial charge in [-0.15, -0.1) is 0 Å². The van der Waals surface area contributed by atoms with Crippen molar-refractivity contribution in [1.82, 2.24) is 0 Å². The van der Waals surface area contributed by atoms with Crippen molar-refractivity contribution in [3.8, 4) is 0 Å². The first-order chi connectivity index (χ1) is 4.66. The summed E-state index contributed by atoms with van der Waals surface area (Å²) >= 11 is 0. The van der Waals surface area contributed by atoms with Gasteiger partial charge in [-0.1, -0.05) is 0 Å². The van der Waals surface area contributed by atoms with Gasteiger partial charge in [-0.25, -0.2) is 4.79 Å². The lowest BCUT2D eigenvalue weighted by Gasteiger charge is -2.09. The summed E-state index contributed by atoms with van der Waals surface area (Å²) in [4.78, 5) is 10.2. The SMILES string of the molecule is O=C1O[C@H]1[C@H](O)[C@H](O)CO. The van der Waals surface area contributed by atoms with Gasteiger partial charge in [-0.2, -0.15) is 0 Å². The third-order valence-corrected chi connectivity index (χ3v) is 1.31. The summed E-state index contributed by atoms with van der Waals surface area (Å²) < 4.78 is 4.24. The molecular formula is C5H8O5. The zero-order valence-corrected chi connectivity index (χ0v) is 5.10. The molecule has 1 aliphatic rings. The normalized spacial score (nSPS) is 29.1. The second-order valence-electron chi connectivity index (χ2n) is 2.10. The molecule has 0 bridgehead atoms. The maximum absolute atomic E-state index is 10.2. The Morgan fingerprint density at radius 1 is 1.60 bits per heavy atom. The Morgan fingerprint density at radius 3 is 2.40 bits per heavy atom. The van der Waals surface area contributed by atoms with E-state index in [-0.39, 0.29) is 0 Å². The quantitative estimate of drug-likeness (QED) is 0.389. The molecular weight excluding hydrogens is 140 g/mol. The Labute approximate surface area is 56.9 Å². The molecule has 0 aromatic heterocycles. The average Bonchev–Trinajstić information content (AvgIpc) is 2.63. The van der Waals surface area contributed by atoms with Gasteiger partial charge in [0.15, 0.2) is 0 Å². The van der Waals surface area contributed by atoms with Crippen LogP contribution < -0.4 is 0 Å². The van der Waals surface area contributed by atoms with Crippen molar-refractivity contribution in [2.75, 3.05) is 6.61 Å². The summed E-state index contributed by atoms with van der Waals surface area (Å²) in [5.74, 6) is -0.542. The number of cyclic esters (lactones) is 1. The van der Waals surface area contributed by atoms with Crippen LogP contribution in [-0.4, -0.2) is 46.2 Å². The van der Waals surface area contributed by atoms with E-state index in [4.69, 9.17) is 15.3 Å². The highest BCUT2D eigenvalue weighted by Crippen LogP contribution is 2.18. The number of hydrogen-bond acceptors (Lipinski definition) is 5. The fourth-order valence-corrected chi connectivity index (χ4v) is 0.610. The number of ether oxygens (including phenoxy) is 1. The van der Waals surface area contributed by atoms with Gasteiger partial charge in [0, 0.05) is 0 Å². The third kappa shape index (κ3) is 1.26. The van der Waals surface area contributed by atoms with Crippen molar-refractivity contribution in [3.05, 3.63) is 0 Å². The van der Waals surface area contributed by atoms with Crippen LogP contribution in [0.1, 0.15) is 0 Å². The van der Waals surface area contributed by atoms with Gasteiger partial charge in [-0.3, -0.25) is 0 Å². The van der Waals surface area contributed by atoms with Crippen LogP contribution in [-0.2, 0) is 9.53 Å². The first kappa shape index (κ1) is 7.46. The highest BCUT2D eigenvalue weighted by atomic mass is 16.7. The molecule has 0 radical (unpaired) electrons. The van der Waals surface area contributed by atoms with E-state index >= 15 is 0 Å². The van der Waals surface area contributed by atoms with E-state index in [0.717, 1.165) is 0 Å². The van der Waals surface area contributed by atoms with Gasteiger partial charge in [0.2, 0.25) is 6.10 Å². The van der Waals surface area contributed by atoms with E-state index in [9.17, 15) is 4.79 Å². The molecule has 58 valence electrons. The fraction of sp³-hybridized carbons (Fsp3) is 0.800. The minimum atomic E-state index is -1.29. The van der Waals surface area contributed by atoms with Gasteiger partial charge >= 0.3 is 5.97 Å². The number of aliphatic hydroxyl groups is 3. The predicted molar refractivity (Wildman–Crippen MR) is 29.0 cm³/mol. The monoisotopic (exact) mass is 148 g/mol. The van der Waals surface area contributed by atoms with Crippen LogP contribution in [0, 0.1) is 0 Å². The molecule has 0 aromatic rings. The Bertz CT molecular complexity index is 145. The van der Waals surface area contributed by atoms with E-state index in [1.54, 1.807) is 0 Å². The Kier molecular flexibility index (Phi) is 1.89. The first-order valence-corrected chi connectivity index (χ1v) is 2.84. The molecule has 0 unspecified atom stereocenters. The fourth-order valence-electron chi connectivity index (χ4n) is 0.610. The van der Waals surface area contributed by atoms with Crippen molar-refractivity contribution < 1.29 is 24.9 Å². The molecule has 0 spiro atoms. The molecule has 1 saturated heterocycles. The zero-order valence-electron chi connectivity index (χ0n) is 5.10. The van der Waals surface area contributed by atoms with Crippen LogP contribution in [0.4, 0.5) is 0 Å². The maximum atomic E-state index is 10.2. The summed E-state index contributed by atoms with van der Waals surface area (Å²) in [5.41, 5.74) is 0. The number of carbonyl (C=O) groups is 1. The smallest absolute Gasteiger partial charge is 0.351 e. The molecule has 5 nitrogen and oxygen atoms in total. The lowest BCUT2D eigenvalue weighted by Crippen LogP contribution is -2.34. The summed E-state index contributed by atoms with van der Waals surface area (Å²) in [6.07, 6.45) is -3.52. The minimum Gasteiger partial charge on any atom is -0.445 e. The van der Waals surface area contributed by atoms with Crippen molar-refractivity contribution in [2.45, 2.75) is 18.3 Å². The van der Waals surface area contributed by atoms with Gasteiger partial charge in [-0.05, 0) is 0 Å². The summed E-state index contributed by atoms with van der Waals surface area (Å²) in [6.45, 7) is -0.575. The number of aliphatic hydroxyl groups excluding tert-OH is 3. The van der Waals surface area contributed by atoms with Crippen LogP contribution in [0.2, 0.25) is 0 Å². The van der Waals surface area contributed by atoms with Crippen LogP contribution in [0.15, 0.2) is 0 Å². The lowest BCUT2D eigenvalue weighted by atomic mass is 10.1. The molecule has 10 heavy (non-hydrogen) atoms. The summed E-state index contributed by atoms with van der Waals surface area (Å²) in [5, 5.41) is 25.9. The molecule has 3 atom stereocenters. The molecule has 0 aliphatic carbocycles. The number of hydrogen-bond donors (Lipinski definition) is 3. The summed E-state index contributed by atoms with van der Waals surface area (Å²) in [7, 11) is 0. The zero-order chi connectivity index (χ0) is 7.72. The number of epoxide rings is 1. The van der Waals surface area contributed by atoms with Crippen molar-refractivity contribution in [3.63, 3.8) is 0 Å². The average molecular weight is 148 g/mol. The third-order valence-electron chi connectivity index (χ3n) is 1.31. The molecule has 3 N–H and O–H groups in total. The van der Waals surface area contributed by atoms with Crippen LogP contribution in [0.5, 0.6) is 0 Å². The predicted octanol–water partition coefficient (Wildman–Crippen LogP) is -2.37. The molecule has 1 rings (SSSR count). The van der Waals surface area contributed by atoms with Gasteiger partial charge in [0.1, 0.15) is 12.2 Å². The van der Waals surface area contributed by atoms with Gasteiger partial charge in [0.05, 0.1) is 6.61 Å². The van der Waals surface area contributed by atoms with Crippen LogP contribution in [0.3, 0.4) is 0 Å². The molecule has 0 saturated carbocycles. The maximum Gasteiger partial charge on any atom is 0.351 e. The van der Waals surface area contributed by atoms with E-state index in [2.05, 4.69) is 4.74 Å². The molecule has 5 heteroatoms. The molecule has 0 amide bonds. The minimum absolute atomic E-state index is 0.542. The Balaban J connectivity index is 2.34. The van der Waals surface area contributed by atoms with Crippen LogP contribution >= 0.6 is 0 Å². The number of rotatable bonds is 3. The standard InChI is InChI=1S/C5H8O5/c6-1-2(7)3(8)4-5(9)10-4/h2-4,6-8H,1H2/t2-,3-,4+/m1/s1. The first-order valence-electron chi connectivity index (χ1n) is 2.84. The molecule has 0 aromatic carbocycles. The highest BCUT2D eigenvalue weighted by molar-refractivity contribution is 5.88. The van der Waals surface area contributed by atoms with Gasteiger partial charge in [0.25, 0.3) is 0 Å². The second kappa shape index (κ2) is 2.53. The number of carbonyl (C=O) groups excluding carboxylic acids is 1. The van der Waals surface area contributed by atoms with Crippen molar-refractivity contribution in [2.24, 2.45) is 0 Å². The largest absolute Gasteiger partial charge is 0.445 e. The Hall–Kier alpha value is -0.650. The highest BCUT2D eigenvalue weighted by Gasteiger charge is 2.47. The molecule has 1 fully saturated rings. The van der Waals surface area contributed by atoms with E-state index in [0.29, 0.717) is 0 Å². The van der Waals surface area contributed by atoms with E-state index in [1.807, 2.05) is 0 Å². The topological polar surface area (TPSA) is 90.3 Å². The second-order valence-corrected chi connectivity index (χ2v) is 2.10.